The van der Waals surface area contributed by atoms with Crippen molar-refractivity contribution in [1.29, 1.82) is 0 Å². The van der Waals surface area contributed by atoms with Gasteiger partial charge in [-0.25, -0.2) is 0 Å². The van der Waals surface area contributed by atoms with Crippen molar-refractivity contribution in [1.82, 2.24) is 20.4 Å². The van der Waals surface area contributed by atoms with Gasteiger partial charge in [-0.1, -0.05) is 0 Å². The van der Waals surface area contributed by atoms with Gasteiger partial charge in [-0.2, -0.15) is 5.10 Å². The van der Waals surface area contributed by atoms with E-state index in [2.05, 4.69) is 44.9 Å². The van der Waals surface area contributed by atoms with Gasteiger partial charge in [-0.05, 0) is 58.1 Å². The molecule has 2 aliphatic rings. The van der Waals surface area contributed by atoms with Gasteiger partial charge in [0.05, 0.1) is 5.69 Å². The molecule has 2 fully saturated rings. The van der Waals surface area contributed by atoms with Gasteiger partial charge in [0.2, 0.25) is 0 Å². The summed E-state index contributed by atoms with van der Waals surface area (Å²) >= 11 is 0. The fraction of sp³-hybridized carbons (Fsp3) is 0.714. The molecule has 2 saturated heterocycles. The maximum atomic E-state index is 4.41. The first-order chi connectivity index (χ1) is 9.31. The highest BCUT2D eigenvalue weighted by molar-refractivity contribution is 5.35. The molecule has 0 spiro atoms. The summed E-state index contributed by atoms with van der Waals surface area (Å²) in [4.78, 5) is 2.35. The third-order valence-corrected chi connectivity index (χ3v) is 4.19. The predicted molar refractivity (Wildman–Crippen MR) is 76.4 cm³/mol. The largest absolute Gasteiger partial charge is 0.366 e. The van der Waals surface area contributed by atoms with E-state index in [9.17, 15) is 0 Å². The van der Waals surface area contributed by atoms with E-state index >= 15 is 0 Å². The molecular weight excluding hydrogens is 238 g/mol. The monoisotopic (exact) mass is 261 g/mol. The van der Waals surface area contributed by atoms with Crippen LogP contribution in [-0.4, -0.2) is 54.4 Å². The zero-order chi connectivity index (χ0) is 13.1. The van der Waals surface area contributed by atoms with Crippen LogP contribution < -0.4 is 10.6 Å². The lowest BCUT2D eigenvalue weighted by Gasteiger charge is -2.24. The molecule has 104 valence electrons. The number of piperidine rings is 1. The molecule has 0 radical (unpaired) electrons. The Labute approximate surface area is 114 Å². The number of likely N-dealkylation sites (N-methyl/N-ethyl adjacent to an activating group) is 1. The minimum atomic E-state index is 0.541. The average Bonchev–Trinajstić information content (AvgIpc) is 2.87. The quantitative estimate of drug-likeness (QED) is 0.852. The molecular formula is C14H23N5. The van der Waals surface area contributed by atoms with E-state index in [1.807, 2.05) is 0 Å². The third kappa shape index (κ3) is 3.22. The molecule has 0 aliphatic carbocycles. The standard InChI is InChI=1S/C14H23N5/c1-19-9-6-11(10-19)13-2-3-14(18-17-13)16-12-4-7-15-8-5-12/h2-3,11-12,15H,4-10H2,1H3,(H,16,18). The van der Waals surface area contributed by atoms with Gasteiger partial charge in [0, 0.05) is 18.5 Å². The van der Waals surface area contributed by atoms with E-state index < -0.39 is 0 Å². The van der Waals surface area contributed by atoms with Crippen LogP contribution in [0, 0.1) is 0 Å². The van der Waals surface area contributed by atoms with Crippen LogP contribution in [0.5, 0.6) is 0 Å². The first-order valence-electron chi connectivity index (χ1n) is 7.31. The molecule has 19 heavy (non-hydrogen) atoms. The topological polar surface area (TPSA) is 53.1 Å². The maximum absolute atomic E-state index is 4.41. The molecule has 5 heteroatoms. The maximum Gasteiger partial charge on any atom is 0.148 e. The molecule has 2 N–H and O–H groups in total. The van der Waals surface area contributed by atoms with E-state index in [1.165, 1.54) is 13.0 Å². The van der Waals surface area contributed by atoms with E-state index in [-0.39, 0.29) is 0 Å². The number of nitrogens with one attached hydrogen (secondary N) is 2. The van der Waals surface area contributed by atoms with Crippen LogP contribution in [0.1, 0.15) is 30.9 Å². The van der Waals surface area contributed by atoms with E-state index in [0.29, 0.717) is 12.0 Å². The summed E-state index contributed by atoms with van der Waals surface area (Å²) in [7, 11) is 2.17. The first-order valence-corrected chi connectivity index (χ1v) is 7.31. The van der Waals surface area contributed by atoms with E-state index in [4.69, 9.17) is 0 Å². The van der Waals surface area contributed by atoms with Crippen molar-refractivity contribution >= 4 is 5.82 Å². The molecule has 0 saturated carbocycles. The molecule has 5 nitrogen and oxygen atoms in total. The van der Waals surface area contributed by atoms with Crippen molar-refractivity contribution in [3.8, 4) is 0 Å². The Morgan fingerprint density at radius 1 is 1.21 bits per heavy atom. The lowest BCUT2D eigenvalue weighted by molar-refractivity contribution is 0.410. The smallest absolute Gasteiger partial charge is 0.148 e. The minimum absolute atomic E-state index is 0.541. The van der Waals surface area contributed by atoms with Crippen molar-refractivity contribution in [3.63, 3.8) is 0 Å². The normalized spacial score (nSPS) is 25.6. The molecule has 1 atom stereocenters. The van der Waals surface area contributed by atoms with Crippen LogP contribution >= 0.6 is 0 Å². The molecule has 3 heterocycles. The zero-order valence-electron chi connectivity index (χ0n) is 11.6. The van der Waals surface area contributed by atoms with Crippen molar-refractivity contribution in [2.75, 3.05) is 38.5 Å². The number of hydrogen-bond acceptors (Lipinski definition) is 5. The second-order valence-corrected chi connectivity index (χ2v) is 5.76. The highest BCUT2D eigenvalue weighted by atomic mass is 15.2. The van der Waals surface area contributed by atoms with E-state index in [1.54, 1.807) is 0 Å². The van der Waals surface area contributed by atoms with Crippen molar-refractivity contribution in [2.24, 2.45) is 0 Å². The van der Waals surface area contributed by atoms with Gasteiger partial charge in [-0.3, -0.25) is 0 Å². The summed E-state index contributed by atoms with van der Waals surface area (Å²) in [5.41, 5.74) is 1.14. The molecule has 1 aromatic rings. The number of anilines is 1. The van der Waals surface area contributed by atoms with Crippen molar-refractivity contribution < 1.29 is 0 Å². The molecule has 0 amide bonds. The fourth-order valence-electron chi connectivity index (χ4n) is 2.99. The van der Waals surface area contributed by atoms with Gasteiger partial charge < -0.3 is 15.5 Å². The fourth-order valence-corrected chi connectivity index (χ4v) is 2.99. The summed E-state index contributed by atoms with van der Waals surface area (Å²) in [5, 5.41) is 15.6. The lowest BCUT2D eigenvalue weighted by atomic mass is 10.0. The van der Waals surface area contributed by atoms with E-state index in [0.717, 1.165) is 44.0 Å². The first kappa shape index (κ1) is 12.8. The van der Waals surface area contributed by atoms with Gasteiger partial charge in [0.25, 0.3) is 0 Å². The highest BCUT2D eigenvalue weighted by Crippen LogP contribution is 2.24. The van der Waals surface area contributed by atoms with Gasteiger partial charge in [0.15, 0.2) is 0 Å². The zero-order valence-corrected chi connectivity index (χ0v) is 11.6. The third-order valence-electron chi connectivity index (χ3n) is 4.19. The molecule has 2 aliphatic heterocycles. The highest BCUT2D eigenvalue weighted by Gasteiger charge is 2.22. The van der Waals surface area contributed by atoms with Crippen LogP contribution in [0.25, 0.3) is 0 Å². The molecule has 0 bridgehead atoms. The van der Waals surface area contributed by atoms with Crippen LogP contribution in [-0.2, 0) is 0 Å². The summed E-state index contributed by atoms with van der Waals surface area (Å²) < 4.78 is 0. The number of likely N-dealkylation sites (tertiary alicyclic amines) is 1. The molecule has 1 aromatic heterocycles. The van der Waals surface area contributed by atoms with Gasteiger partial charge >= 0.3 is 0 Å². The number of rotatable bonds is 3. The van der Waals surface area contributed by atoms with Crippen LogP contribution in [0.3, 0.4) is 0 Å². The second kappa shape index (κ2) is 5.84. The Bertz CT molecular complexity index is 399. The summed E-state index contributed by atoms with van der Waals surface area (Å²) in [6, 6.07) is 4.77. The van der Waals surface area contributed by atoms with Crippen LogP contribution in [0.4, 0.5) is 5.82 Å². The Kier molecular flexibility index (Phi) is 3.94. The summed E-state index contributed by atoms with van der Waals surface area (Å²) in [6.07, 6.45) is 3.53. The minimum Gasteiger partial charge on any atom is -0.366 e. The number of hydrogen-bond donors (Lipinski definition) is 2. The Hall–Kier alpha value is -1.20. The lowest BCUT2D eigenvalue weighted by Crippen LogP contribution is -2.35. The Morgan fingerprint density at radius 2 is 2.05 bits per heavy atom. The summed E-state index contributed by atoms with van der Waals surface area (Å²) in [6.45, 7) is 4.46. The molecule has 1 unspecified atom stereocenters. The summed E-state index contributed by atoms with van der Waals surface area (Å²) in [5.74, 6) is 1.48. The molecule has 0 aromatic carbocycles. The Morgan fingerprint density at radius 3 is 2.68 bits per heavy atom. The predicted octanol–water partition coefficient (Wildman–Crippen LogP) is 1.06. The number of nitrogens with zero attached hydrogens (tertiary/aromatic N) is 3. The SMILES string of the molecule is CN1CCC(c2ccc(NC3CCNCC3)nn2)C1. The Balaban J connectivity index is 1.59. The van der Waals surface area contributed by atoms with Crippen LogP contribution in [0.2, 0.25) is 0 Å². The molecule has 3 rings (SSSR count). The van der Waals surface area contributed by atoms with Gasteiger partial charge in [0.1, 0.15) is 5.82 Å². The number of aromatic nitrogens is 2. The van der Waals surface area contributed by atoms with Crippen molar-refractivity contribution in [3.05, 3.63) is 17.8 Å². The van der Waals surface area contributed by atoms with Crippen LogP contribution in [0.15, 0.2) is 12.1 Å². The second-order valence-electron chi connectivity index (χ2n) is 5.76. The average molecular weight is 261 g/mol. The van der Waals surface area contributed by atoms with Gasteiger partial charge in [-0.15, -0.1) is 5.10 Å². The van der Waals surface area contributed by atoms with Crippen molar-refractivity contribution in [2.45, 2.75) is 31.2 Å².